The molecular weight excluding hydrogens is 344 g/mol. The van der Waals surface area contributed by atoms with E-state index >= 15 is 0 Å². The average Bonchev–Trinajstić information content (AvgIpc) is 2.43. The number of nitrogens with one attached hydrogen (secondary N) is 1. The van der Waals surface area contributed by atoms with Crippen molar-refractivity contribution in [3.63, 3.8) is 0 Å². The second-order valence-corrected chi connectivity index (χ2v) is 7.06. The number of rotatable bonds is 8. The molecule has 0 saturated heterocycles. The number of halogens is 1. The number of nitrogens with two attached hydrogens (primary N) is 1. The Balaban J connectivity index is 2.90. The molecule has 0 spiro atoms. The van der Waals surface area contributed by atoms with Crippen LogP contribution < -0.4 is 15.2 Å². The maximum atomic E-state index is 12.3. The molecule has 1 aromatic carbocycles. The van der Waals surface area contributed by atoms with Crippen LogP contribution in [-0.2, 0) is 10.0 Å². The minimum absolute atomic E-state index is 0.195. The highest BCUT2D eigenvalue weighted by Crippen LogP contribution is 2.27. The molecule has 114 valence electrons. The van der Waals surface area contributed by atoms with Gasteiger partial charge in [0.1, 0.15) is 5.75 Å². The first-order valence-electron chi connectivity index (χ1n) is 6.50. The lowest BCUT2D eigenvalue weighted by atomic mass is 10.1. The lowest BCUT2D eigenvalue weighted by Gasteiger charge is -2.17. The van der Waals surface area contributed by atoms with Crippen LogP contribution in [0.2, 0.25) is 0 Å². The zero-order chi connectivity index (χ0) is 15.2. The summed E-state index contributed by atoms with van der Waals surface area (Å²) in [5.41, 5.74) is 5.62. The molecule has 1 rings (SSSR count). The Morgan fingerprint density at radius 1 is 1.45 bits per heavy atom. The monoisotopic (exact) mass is 364 g/mol. The Kier molecular flexibility index (Phi) is 6.94. The van der Waals surface area contributed by atoms with E-state index in [2.05, 4.69) is 27.6 Å². The number of unbranched alkanes of at least 4 members (excludes halogenated alkanes) is 1. The van der Waals surface area contributed by atoms with Gasteiger partial charge in [-0.3, -0.25) is 0 Å². The highest BCUT2D eigenvalue weighted by molar-refractivity contribution is 9.10. The molecule has 0 radical (unpaired) electrons. The quantitative estimate of drug-likeness (QED) is 0.740. The van der Waals surface area contributed by atoms with Gasteiger partial charge in [-0.15, -0.1) is 0 Å². The van der Waals surface area contributed by atoms with Gasteiger partial charge in [-0.1, -0.05) is 19.8 Å². The van der Waals surface area contributed by atoms with Gasteiger partial charge >= 0.3 is 0 Å². The summed E-state index contributed by atoms with van der Waals surface area (Å²) >= 11 is 3.28. The normalized spacial score (nSPS) is 13.2. The average molecular weight is 365 g/mol. The minimum atomic E-state index is -3.57. The zero-order valence-electron chi connectivity index (χ0n) is 11.7. The molecule has 0 heterocycles. The molecule has 1 aromatic rings. The third-order valence-corrected chi connectivity index (χ3v) is 5.08. The predicted octanol–water partition coefficient (Wildman–Crippen LogP) is 2.25. The van der Waals surface area contributed by atoms with Crippen LogP contribution in [0.5, 0.6) is 5.75 Å². The summed E-state index contributed by atoms with van der Waals surface area (Å²) in [7, 11) is -2.04. The van der Waals surface area contributed by atoms with Crippen LogP contribution in [0.4, 0.5) is 0 Å². The Morgan fingerprint density at radius 2 is 2.15 bits per heavy atom. The Morgan fingerprint density at radius 3 is 2.65 bits per heavy atom. The van der Waals surface area contributed by atoms with Gasteiger partial charge in [-0.05, 0) is 40.5 Å². The van der Waals surface area contributed by atoms with Crippen LogP contribution >= 0.6 is 15.9 Å². The van der Waals surface area contributed by atoms with Gasteiger partial charge in [0.15, 0.2) is 0 Å². The summed E-state index contributed by atoms with van der Waals surface area (Å²) in [5.74, 6) is 0.588. The van der Waals surface area contributed by atoms with Gasteiger partial charge < -0.3 is 10.5 Å². The van der Waals surface area contributed by atoms with E-state index in [4.69, 9.17) is 10.5 Å². The van der Waals surface area contributed by atoms with E-state index in [-0.39, 0.29) is 17.5 Å². The number of hydrogen-bond donors (Lipinski definition) is 2. The van der Waals surface area contributed by atoms with E-state index in [0.29, 0.717) is 10.2 Å². The molecule has 20 heavy (non-hydrogen) atoms. The second kappa shape index (κ2) is 7.97. The van der Waals surface area contributed by atoms with Crippen LogP contribution in [0, 0.1) is 0 Å². The molecule has 0 saturated carbocycles. The van der Waals surface area contributed by atoms with Crippen molar-refractivity contribution in [3.05, 3.63) is 22.7 Å². The Bertz CT molecular complexity index is 534. The van der Waals surface area contributed by atoms with Gasteiger partial charge in [0.25, 0.3) is 0 Å². The number of sulfonamides is 1. The van der Waals surface area contributed by atoms with Crippen LogP contribution in [0.1, 0.15) is 26.2 Å². The van der Waals surface area contributed by atoms with Crippen LogP contribution in [0.25, 0.3) is 0 Å². The largest absolute Gasteiger partial charge is 0.496 e. The molecule has 0 aliphatic carbocycles. The number of methoxy groups -OCH3 is 1. The van der Waals surface area contributed by atoms with Gasteiger partial charge in [-0.2, -0.15) is 0 Å². The highest BCUT2D eigenvalue weighted by atomic mass is 79.9. The van der Waals surface area contributed by atoms with Crippen molar-refractivity contribution < 1.29 is 13.2 Å². The SMILES string of the molecule is CCCCC(CN)NS(=O)(=O)c1ccc(OC)c(Br)c1. The molecule has 3 N–H and O–H groups in total. The first-order chi connectivity index (χ1) is 9.44. The standard InChI is InChI=1S/C13H21BrN2O3S/c1-3-4-5-10(9-15)16-20(17,18)11-6-7-13(19-2)12(14)8-11/h6-8,10,16H,3-5,9,15H2,1-2H3. The fourth-order valence-electron chi connectivity index (χ4n) is 1.78. The predicted molar refractivity (Wildman–Crippen MR) is 83.4 cm³/mol. The molecule has 5 nitrogen and oxygen atoms in total. The van der Waals surface area contributed by atoms with Crippen molar-refractivity contribution >= 4 is 26.0 Å². The molecule has 0 fully saturated rings. The summed E-state index contributed by atoms with van der Waals surface area (Å²) in [4.78, 5) is 0.195. The number of benzene rings is 1. The first kappa shape index (κ1) is 17.4. The van der Waals surface area contributed by atoms with Crippen molar-refractivity contribution in [3.8, 4) is 5.75 Å². The lowest BCUT2D eigenvalue weighted by molar-refractivity contribution is 0.411. The summed E-state index contributed by atoms with van der Waals surface area (Å²) in [6, 6.07) is 4.41. The highest BCUT2D eigenvalue weighted by Gasteiger charge is 2.20. The van der Waals surface area contributed by atoms with Crippen LogP contribution in [0.3, 0.4) is 0 Å². The van der Waals surface area contributed by atoms with Gasteiger partial charge in [0.2, 0.25) is 10.0 Å². The van der Waals surface area contributed by atoms with E-state index in [1.54, 1.807) is 6.07 Å². The third kappa shape index (κ3) is 4.73. The molecule has 1 unspecified atom stereocenters. The van der Waals surface area contributed by atoms with E-state index in [1.165, 1.54) is 19.2 Å². The molecule has 0 amide bonds. The second-order valence-electron chi connectivity index (χ2n) is 4.49. The van der Waals surface area contributed by atoms with E-state index in [1.807, 2.05) is 0 Å². The van der Waals surface area contributed by atoms with Crippen LogP contribution in [0.15, 0.2) is 27.6 Å². The number of hydrogen-bond acceptors (Lipinski definition) is 4. The Hall–Kier alpha value is -0.630. The maximum Gasteiger partial charge on any atom is 0.240 e. The molecule has 7 heteroatoms. The van der Waals surface area contributed by atoms with Crippen molar-refractivity contribution in [2.75, 3.05) is 13.7 Å². The minimum Gasteiger partial charge on any atom is -0.496 e. The van der Waals surface area contributed by atoms with Crippen LogP contribution in [-0.4, -0.2) is 28.1 Å². The topological polar surface area (TPSA) is 81.4 Å². The third-order valence-electron chi connectivity index (χ3n) is 2.95. The molecule has 0 aromatic heterocycles. The molecule has 0 aliphatic heterocycles. The maximum absolute atomic E-state index is 12.3. The summed E-state index contributed by atoms with van der Waals surface area (Å²) in [6.07, 6.45) is 2.69. The molecule has 1 atom stereocenters. The van der Waals surface area contributed by atoms with E-state index in [9.17, 15) is 8.42 Å². The molecule has 0 bridgehead atoms. The van der Waals surface area contributed by atoms with E-state index in [0.717, 1.165) is 19.3 Å². The summed E-state index contributed by atoms with van der Waals surface area (Å²) in [5, 5.41) is 0. The fraction of sp³-hybridized carbons (Fsp3) is 0.538. The molecular formula is C13H21BrN2O3S. The van der Waals surface area contributed by atoms with Gasteiger partial charge in [0.05, 0.1) is 16.5 Å². The van der Waals surface area contributed by atoms with Crippen molar-refractivity contribution in [2.24, 2.45) is 5.73 Å². The van der Waals surface area contributed by atoms with Crippen molar-refractivity contribution in [2.45, 2.75) is 37.1 Å². The first-order valence-corrected chi connectivity index (χ1v) is 8.78. The van der Waals surface area contributed by atoms with Crippen molar-refractivity contribution in [1.82, 2.24) is 4.72 Å². The van der Waals surface area contributed by atoms with Crippen molar-refractivity contribution in [1.29, 1.82) is 0 Å². The zero-order valence-corrected chi connectivity index (χ0v) is 14.1. The lowest BCUT2D eigenvalue weighted by Crippen LogP contribution is -2.40. The summed E-state index contributed by atoms with van der Waals surface area (Å²) in [6.45, 7) is 2.35. The van der Waals surface area contributed by atoms with Gasteiger partial charge in [-0.25, -0.2) is 13.1 Å². The summed E-state index contributed by atoms with van der Waals surface area (Å²) < 4.78 is 32.9. The Labute approximate surface area is 129 Å². The van der Waals surface area contributed by atoms with E-state index < -0.39 is 10.0 Å². The van der Waals surface area contributed by atoms with Gasteiger partial charge in [0, 0.05) is 12.6 Å². The fourth-order valence-corrected chi connectivity index (χ4v) is 3.78. The smallest absolute Gasteiger partial charge is 0.240 e. The number of ether oxygens (including phenoxy) is 1. The molecule has 0 aliphatic rings.